The fourth-order valence-corrected chi connectivity index (χ4v) is 1.98. The van der Waals surface area contributed by atoms with Crippen LogP contribution in [0.2, 0.25) is 0 Å². The van der Waals surface area contributed by atoms with E-state index in [0.29, 0.717) is 22.6 Å². The van der Waals surface area contributed by atoms with E-state index in [1.807, 2.05) is 12.1 Å². The number of anilines is 1. The molecule has 130 valence electrons. The van der Waals surface area contributed by atoms with Gasteiger partial charge in [0, 0.05) is 5.69 Å². The number of nitrogens with one attached hydrogen (secondary N) is 1. The summed E-state index contributed by atoms with van der Waals surface area (Å²) >= 11 is 0. The van der Waals surface area contributed by atoms with Gasteiger partial charge in [-0.25, -0.2) is 4.79 Å². The highest BCUT2D eigenvalue weighted by Gasteiger charge is 2.18. The molecule has 7 nitrogen and oxygen atoms in total. The number of carbonyl (C=O) groups excluding carboxylic acids is 2. The van der Waals surface area contributed by atoms with E-state index in [9.17, 15) is 9.59 Å². The van der Waals surface area contributed by atoms with Gasteiger partial charge in [0.15, 0.2) is 12.7 Å². The van der Waals surface area contributed by atoms with E-state index in [4.69, 9.17) is 20.0 Å². The van der Waals surface area contributed by atoms with Crippen LogP contribution in [0.3, 0.4) is 0 Å². The molecular formula is C19H15N3O4. The summed E-state index contributed by atoms with van der Waals surface area (Å²) < 4.78 is 10.3. The molecule has 1 amide bonds. The normalized spacial score (nSPS) is 10.7. The number of carbonyl (C=O) groups is 2. The van der Waals surface area contributed by atoms with Crippen molar-refractivity contribution < 1.29 is 19.1 Å². The smallest absolute Gasteiger partial charge is 0.347 e. The second-order valence-corrected chi connectivity index (χ2v) is 5.24. The van der Waals surface area contributed by atoms with Crippen LogP contribution in [0.4, 0.5) is 5.69 Å². The van der Waals surface area contributed by atoms with Crippen molar-refractivity contribution in [2.75, 3.05) is 11.9 Å². The van der Waals surface area contributed by atoms with Crippen molar-refractivity contribution in [3.8, 4) is 17.9 Å². The third-order valence-electron chi connectivity index (χ3n) is 3.25. The van der Waals surface area contributed by atoms with Crippen molar-refractivity contribution in [1.29, 1.82) is 10.5 Å². The number of nitrogens with zero attached hydrogens (tertiary/aromatic N) is 2. The Labute approximate surface area is 150 Å². The molecule has 2 aromatic rings. The number of rotatable bonds is 6. The van der Waals surface area contributed by atoms with Crippen LogP contribution in [0.1, 0.15) is 18.1 Å². The van der Waals surface area contributed by atoms with E-state index in [1.165, 1.54) is 13.0 Å². The zero-order chi connectivity index (χ0) is 18.9. The molecule has 2 aromatic carbocycles. The Bertz CT molecular complexity index is 879. The van der Waals surface area contributed by atoms with E-state index >= 15 is 0 Å². The zero-order valence-corrected chi connectivity index (χ0v) is 13.9. The van der Waals surface area contributed by atoms with Crippen molar-refractivity contribution in [2.24, 2.45) is 0 Å². The molecule has 2 rings (SSSR count). The number of hydrogen-bond acceptors (Lipinski definition) is 6. The van der Waals surface area contributed by atoms with Gasteiger partial charge in [-0.3, -0.25) is 4.79 Å². The summed E-state index contributed by atoms with van der Waals surface area (Å²) in [5.74, 6) is -0.819. The molecule has 0 spiro atoms. The van der Waals surface area contributed by atoms with Crippen LogP contribution in [0.25, 0.3) is 0 Å². The van der Waals surface area contributed by atoms with Crippen molar-refractivity contribution in [3.05, 3.63) is 59.7 Å². The Hall–Kier alpha value is -3.84. The van der Waals surface area contributed by atoms with Gasteiger partial charge in [-0.2, -0.15) is 10.5 Å². The standard InChI is InChI=1S/C19H15N3O4/c1-13(26-17-7-5-14(10-20)6-8-17)19(24)25-12-18(23)22-16-4-2-3-15(9-16)11-21/h2-9,13H,12H2,1H3,(H,22,23)/t13-/m1/s1. The molecule has 1 atom stereocenters. The van der Waals surface area contributed by atoms with Gasteiger partial charge in [0.05, 0.1) is 23.3 Å². The van der Waals surface area contributed by atoms with Crippen molar-refractivity contribution in [2.45, 2.75) is 13.0 Å². The largest absolute Gasteiger partial charge is 0.479 e. The van der Waals surface area contributed by atoms with Gasteiger partial charge in [-0.05, 0) is 49.4 Å². The average Bonchev–Trinajstić information content (AvgIpc) is 2.66. The van der Waals surface area contributed by atoms with E-state index in [0.717, 1.165) is 0 Å². The first kappa shape index (κ1) is 18.5. The van der Waals surface area contributed by atoms with Gasteiger partial charge < -0.3 is 14.8 Å². The van der Waals surface area contributed by atoms with Gasteiger partial charge in [0.2, 0.25) is 0 Å². The van der Waals surface area contributed by atoms with Crippen LogP contribution < -0.4 is 10.1 Å². The quantitative estimate of drug-likeness (QED) is 0.801. The van der Waals surface area contributed by atoms with Gasteiger partial charge in [0.25, 0.3) is 5.91 Å². The first-order valence-corrected chi connectivity index (χ1v) is 7.65. The van der Waals surface area contributed by atoms with E-state index in [1.54, 1.807) is 42.5 Å². The number of esters is 1. The summed E-state index contributed by atoms with van der Waals surface area (Å²) in [6.45, 7) is 1.02. The second-order valence-electron chi connectivity index (χ2n) is 5.24. The summed E-state index contributed by atoms with van der Waals surface area (Å²) in [7, 11) is 0. The molecule has 0 radical (unpaired) electrons. The predicted octanol–water partition coefficient (Wildman–Crippen LogP) is 2.38. The fourth-order valence-electron chi connectivity index (χ4n) is 1.98. The first-order chi connectivity index (χ1) is 12.5. The van der Waals surface area contributed by atoms with E-state index in [2.05, 4.69) is 5.32 Å². The van der Waals surface area contributed by atoms with Crippen LogP contribution in [0, 0.1) is 22.7 Å². The van der Waals surface area contributed by atoms with Gasteiger partial charge in [-0.1, -0.05) is 6.07 Å². The minimum absolute atomic E-state index is 0.407. The lowest BCUT2D eigenvalue weighted by Gasteiger charge is -2.14. The lowest BCUT2D eigenvalue weighted by molar-refractivity contribution is -0.153. The number of ether oxygens (including phenoxy) is 2. The van der Waals surface area contributed by atoms with Gasteiger partial charge >= 0.3 is 5.97 Å². The van der Waals surface area contributed by atoms with Gasteiger partial charge in [-0.15, -0.1) is 0 Å². The Morgan fingerprint density at radius 3 is 2.42 bits per heavy atom. The molecule has 0 bridgehead atoms. The highest BCUT2D eigenvalue weighted by Crippen LogP contribution is 2.14. The Morgan fingerprint density at radius 2 is 1.77 bits per heavy atom. The van der Waals surface area contributed by atoms with Crippen LogP contribution >= 0.6 is 0 Å². The third-order valence-corrected chi connectivity index (χ3v) is 3.25. The van der Waals surface area contributed by atoms with Crippen LogP contribution in [0.15, 0.2) is 48.5 Å². The minimum atomic E-state index is -0.919. The molecule has 0 fully saturated rings. The summed E-state index contributed by atoms with van der Waals surface area (Å²) in [4.78, 5) is 23.7. The van der Waals surface area contributed by atoms with E-state index < -0.39 is 24.6 Å². The van der Waals surface area contributed by atoms with Crippen LogP contribution in [-0.2, 0) is 14.3 Å². The summed E-state index contributed by atoms with van der Waals surface area (Å²) in [6, 6.07) is 16.6. The number of hydrogen-bond donors (Lipinski definition) is 1. The molecule has 0 aliphatic carbocycles. The number of nitriles is 2. The highest BCUT2D eigenvalue weighted by atomic mass is 16.6. The van der Waals surface area contributed by atoms with Crippen molar-refractivity contribution >= 4 is 17.6 Å². The molecule has 1 N–H and O–H groups in total. The molecule has 26 heavy (non-hydrogen) atoms. The minimum Gasteiger partial charge on any atom is -0.479 e. The molecule has 0 heterocycles. The molecule has 0 saturated heterocycles. The van der Waals surface area contributed by atoms with Gasteiger partial charge in [0.1, 0.15) is 5.75 Å². The Kier molecular flexibility index (Phi) is 6.30. The maximum absolute atomic E-state index is 11.9. The lowest BCUT2D eigenvalue weighted by atomic mass is 10.2. The van der Waals surface area contributed by atoms with Crippen molar-refractivity contribution in [3.63, 3.8) is 0 Å². The predicted molar refractivity (Wildman–Crippen MR) is 92.0 cm³/mol. The van der Waals surface area contributed by atoms with Crippen molar-refractivity contribution in [1.82, 2.24) is 0 Å². The first-order valence-electron chi connectivity index (χ1n) is 7.65. The second kappa shape index (κ2) is 8.86. The lowest BCUT2D eigenvalue weighted by Crippen LogP contribution is -2.29. The maximum atomic E-state index is 11.9. The maximum Gasteiger partial charge on any atom is 0.347 e. The Morgan fingerprint density at radius 1 is 1.08 bits per heavy atom. The molecule has 0 aromatic heterocycles. The zero-order valence-electron chi connectivity index (χ0n) is 13.9. The van der Waals surface area contributed by atoms with Crippen LogP contribution in [0.5, 0.6) is 5.75 Å². The number of benzene rings is 2. The fraction of sp³-hybridized carbons (Fsp3) is 0.158. The Balaban J connectivity index is 1.81. The third kappa shape index (κ3) is 5.36. The average molecular weight is 349 g/mol. The summed E-state index contributed by atoms with van der Waals surface area (Å²) in [5.41, 5.74) is 1.32. The van der Waals surface area contributed by atoms with Crippen LogP contribution in [-0.4, -0.2) is 24.6 Å². The molecule has 0 aliphatic rings. The topological polar surface area (TPSA) is 112 Å². The monoisotopic (exact) mass is 349 g/mol. The molecule has 0 unspecified atom stereocenters. The molecule has 7 heteroatoms. The van der Waals surface area contributed by atoms with E-state index in [-0.39, 0.29) is 0 Å². The summed E-state index contributed by atoms with van der Waals surface area (Å²) in [5, 5.41) is 20.1. The highest BCUT2D eigenvalue weighted by molar-refractivity contribution is 5.93. The SMILES string of the molecule is C[C@@H](Oc1ccc(C#N)cc1)C(=O)OCC(=O)Nc1cccc(C#N)c1. The number of amides is 1. The molecule has 0 aliphatic heterocycles. The molecule has 0 saturated carbocycles. The summed E-state index contributed by atoms with van der Waals surface area (Å²) in [6.07, 6.45) is -0.919. The molecular weight excluding hydrogens is 334 g/mol.